The van der Waals surface area contributed by atoms with Crippen molar-refractivity contribution in [2.75, 3.05) is 33.9 Å². The van der Waals surface area contributed by atoms with Gasteiger partial charge in [0.1, 0.15) is 0 Å². The summed E-state index contributed by atoms with van der Waals surface area (Å²) in [5.41, 5.74) is 6.97. The maximum absolute atomic E-state index is 9.23. The van der Waals surface area contributed by atoms with Gasteiger partial charge in [-0.2, -0.15) is 0 Å². The highest BCUT2D eigenvalue weighted by Crippen LogP contribution is 2.45. The third-order valence-electron chi connectivity index (χ3n) is 4.05. The van der Waals surface area contributed by atoms with Crippen molar-refractivity contribution < 1.29 is 14.6 Å². The van der Waals surface area contributed by atoms with Crippen LogP contribution in [0.4, 0.5) is 0 Å². The standard InChI is InChI=1S/C16H25N3O3/c1-21-13-4-3-12(9-14(13)22-2)5-8-18-15(17)19-10-16(11-20)6-7-16/h3-4,9,20H,5-8,10-11H2,1-2H3,(H3,17,18,19). The zero-order chi connectivity index (χ0) is 16.0. The van der Waals surface area contributed by atoms with E-state index in [-0.39, 0.29) is 12.0 Å². The normalized spacial score (nSPS) is 16.2. The number of rotatable bonds is 8. The lowest BCUT2D eigenvalue weighted by atomic mass is 10.1. The second-order valence-electron chi connectivity index (χ2n) is 5.73. The van der Waals surface area contributed by atoms with Crippen LogP contribution in [-0.2, 0) is 6.42 Å². The Morgan fingerprint density at radius 1 is 1.32 bits per heavy atom. The zero-order valence-electron chi connectivity index (χ0n) is 13.3. The number of nitrogens with two attached hydrogens (primary N) is 1. The average Bonchev–Trinajstić information content (AvgIpc) is 3.33. The molecule has 0 bridgehead atoms. The van der Waals surface area contributed by atoms with E-state index >= 15 is 0 Å². The fraction of sp³-hybridized carbons (Fsp3) is 0.562. The largest absolute Gasteiger partial charge is 0.493 e. The van der Waals surface area contributed by atoms with Crippen LogP contribution in [0.2, 0.25) is 0 Å². The number of guanidine groups is 1. The van der Waals surface area contributed by atoms with Crippen molar-refractivity contribution >= 4 is 5.96 Å². The molecule has 6 heteroatoms. The van der Waals surface area contributed by atoms with E-state index in [4.69, 9.17) is 15.2 Å². The van der Waals surface area contributed by atoms with Crippen LogP contribution in [0.25, 0.3) is 0 Å². The number of nitrogens with zero attached hydrogens (tertiary/aromatic N) is 1. The number of hydrogen-bond donors (Lipinski definition) is 3. The lowest BCUT2D eigenvalue weighted by Crippen LogP contribution is -2.34. The fourth-order valence-corrected chi connectivity index (χ4v) is 2.22. The first-order valence-corrected chi connectivity index (χ1v) is 7.48. The molecule has 4 N–H and O–H groups in total. The van der Waals surface area contributed by atoms with Gasteiger partial charge in [-0.05, 0) is 37.0 Å². The Balaban J connectivity index is 1.79. The topological polar surface area (TPSA) is 89.1 Å². The minimum atomic E-state index is -0.00432. The number of hydrogen-bond acceptors (Lipinski definition) is 4. The SMILES string of the molecule is COc1ccc(CCNC(N)=NCC2(CO)CC2)cc1OC. The molecule has 0 saturated heterocycles. The van der Waals surface area contributed by atoms with Crippen molar-refractivity contribution in [1.82, 2.24) is 5.32 Å². The third kappa shape index (κ3) is 4.27. The van der Waals surface area contributed by atoms with Crippen molar-refractivity contribution in [2.24, 2.45) is 16.1 Å². The lowest BCUT2D eigenvalue weighted by molar-refractivity contribution is 0.217. The van der Waals surface area contributed by atoms with E-state index in [0.717, 1.165) is 36.3 Å². The molecular weight excluding hydrogens is 282 g/mol. The number of aliphatic imine (C=N–C) groups is 1. The summed E-state index contributed by atoms with van der Waals surface area (Å²) in [6, 6.07) is 5.85. The van der Waals surface area contributed by atoms with Crippen molar-refractivity contribution in [3.8, 4) is 11.5 Å². The van der Waals surface area contributed by atoms with Gasteiger partial charge in [0, 0.05) is 12.0 Å². The molecule has 2 rings (SSSR count). The van der Waals surface area contributed by atoms with Gasteiger partial charge < -0.3 is 25.6 Å². The van der Waals surface area contributed by atoms with E-state index in [0.29, 0.717) is 19.0 Å². The van der Waals surface area contributed by atoms with Gasteiger partial charge in [0.05, 0.1) is 27.4 Å². The quantitative estimate of drug-likeness (QED) is 0.491. The van der Waals surface area contributed by atoms with Crippen LogP contribution >= 0.6 is 0 Å². The molecule has 1 aromatic rings. The minimum absolute atomic E-state index is 0.00432. The monoisotopic (exact) mass is 307 g/mol. The molecule has 0 unspecified atom stereocenters. The second-order valence-corrected chi connectivity index (χ2v) is 5.73. The maximum Gasteiger partial charge on any atom is 0.188 e. The number of ether oxygens (including phenoxy) is 2. The molecule has 0 spiro atoms. The van der Waals surface area contributed by atoms with Gasteiger partial charge in [-0.3, -0.25) is 4.99 Å². The molecule has 1 aliphatic rings. The van der Waals surface area contributed by atoms with Gasteiger partial charge in [0.25, 0.3) is 0 Å². The van der Waals surface area contributed by atoms with Crippen LogP contribution in [0.3, 0.4) is 0 Å². The summed E-state index contributed by atoms with van der Waals surface area (Å²) >= 11 is 0. The molecule has 122 valence electrons. The van der Waals surface area contributed by atoms with E-state index in [9.17, 15) is 5.11 Å². The summed E-state index contributed by atoms with van der Waals surface area (Å²) < 4.78 is 10.5. The maximum atomic E-state index is 9.23. The first-order chi connectivity index (χ1) is 10.6. The Kier molecular flexibility index (Phi) is 5.49. The van der Waals surface area contributed by atoms with Gasteiger partial charge in [-0.25, -0.2) is 0 Å². The first kappa shape index (κ1) is 16.4. The molecule has 0 heterocycles. The summed E-state index contributed by atoms with van der Waals surface area (Å²) in [6.07, 6.45) is 2.87. The Morgan fingerprint density at radius 2 is 2.05 bits per heavy atom. The van der Waals surface area contributed by atoms with E-state index < -0.39 is 0 Å². The third-order valence-corrected chi connectivity index (χ3v) is 4.05. The minimum Gasteiger partial charge on any atom is -0.493 e. The highest BCUT2D eigenvalue weighted by molar-refractivity contribution is 5.77. The van der Waals surface area contributed by atoms with Crippen LogP contribution in [0.5, 0.6) is 11.5 Å². The summed E-state index contributed by atoms with van der Waals surface area (Å²) in [5.74, 6) is 1.87. The molecule has 22 heavy (non-hydrogen) atoms. The average molecular weight is 307 g/mol. The van der Waals surface area contributed by atoms with Crippen LogP contribution in [-0.4, -0.2) is 45.0 Å². The molecule has 1 aromatic carbocycles. The van der Waals surface area contributed by atoms with Crippen LogP contribution in [0.1, 0.15) is 18.4 Å². The molecule has 0 aromatic heterocycles. The van der Waals surface area contributed by atoms with Crippen LogP contribution < -0.4 is 20.5 Å². The molecule has 1 saturated carbocycles. The summed E-state index contributed by atoms with van der Waals surface area (Å²) in [7, 11) is 3.24. The van der Waals surface area contributed by atoms with E-state index in [1.807, 2.05) is 18.2 Å². The van der Waals surface area contributed by atoms with Gasteiger partial charge in [0.2, 0.25) is 0 Å². The molecular formula is C16H25N3O3. The number of nitrogens with one attached hydrogen (secondary N) is 1. The Hall–Kier alpha value is -1.95. The number of aliphatic hydroxyl groups is 1. The van der Waals surface area contributed by atoms with E-state index in [1.54, 1.807) is 14.2 Å². The molecule has 0 aliphatic heterocycles. The Labute approximate surface area is 131 Å². The molecule has 1 aliphatic carbocycles. The number of methoxy groups -OCH3 is 2. The highest BCUT2D eigenvalue weighted by Gasteiger charge is 2.41. The molecule has 1 fully saturated rings. The lowest BCUT2D eigenvalue weighted by Gasteiger charge is -2.11. The fourth-order valence-electron chi connectivity index (χ4n) is 2.22. The van der Waals surface area contributed by atoms with Crippen molar-refractivity contribution in [2.45, 2.75) is 19.3 Å². The smallest absolute Gasteiger partial charge is 0.188 e. The van der Waals surface area contributed by atoms with Gasteiger partial charge in [-0.15, -0.1) is 0 Å². The van der Waals surface area contributed by atoms with Crippen molar-refractivity contribution in [3.63, 3.8) is 0 Å². The summed E-state index contributed by atoms with van der Waals surface area (Å²) in [5, 5.41) is 12.3. The second kappa shape index (κ2) is 7.35. The van der Waals surface area contributed by atoms with Crippen molar-refractivity contribution in [3.05, 3.63) is 23.8 Å². The molecule has 0 radical (unpaired) electrons. The number of benzene rings is 1. The highest BCUT2D eigenvalue weighted by atomic mass is 16.5. The van der Waals surface area contributed by atoms with E-state index in [2.05, 4.69) is 10.3 Å². The summed E-state index contributed by atoms with van der Waals surface area (Å²) in [4.78, 5) is 4.30. The zero-order valence-corrected chi connectivity index (χ0v) is 13.3. The van der Waals surface area contributed by atoms with Gasteiger partial charge >= 0.3 is 0 Å². The molecule has 0 amide bonds. The van der Waals surface area contributed by atoms with Crippen LogP contribution in [0.15, 0.2) is 23.2 Å². The number of aliphatic hydroxyl groups excluding tert-OH is 1. The van der Waals surface area contributed by atoms with Crippen molar-refractivity contribution in [1.29, 1.82) is 0 Å². The van der Waals surface area contributed by atoms with Gasteiger partial charge in [-0.1, -0.05) is 6.07 Å². The Bertz CT molecular complexity index is 527. The molecule has 6 nitrogen and oxygen atoms in total. The Morgan fingerprint density at radius 3 is 2.64 bits per heavy atom. The predicted molar refractivity (Wildman–Crippen MR) is 86.5 cm³/mol. The van der Waals surface area contributed by atoms with E-state index in [1.165, 1.54) is 0 Å². The summed E-state index contributed by atoms with van der Waals surface area (Å²) in [6.45, 7) is 1.48. The first-order valence-electron chi connectivity index (χ1n) is 7.48. The molecule has 0 atom stereocenters. The predicted octanol–water partition coefficient (Wildman–Crippen LogP) is 0.923. The van der Waals surface area contributed by atoms with Gasteiger partial charge in [0.15, 0.2) is 17.5 Å². The van der Waals surface area contributed by atoms with Crippen LogP contribution in [0, 0.1) is 5.41 Å².